The van der Waals surface area contributed by atoms with Crippen LogP contribution in [0.1, 0.15) is 341 Å². The third kappa shape index (κ3) is 50.1. The number of hydrogen-bond acceptors (Lipinski definition) is 8. The monoisotopic (exact) mass is 1150 g/mol. The minimum atomic E-state index is -1.57. The zero-order chi connectivity index (χ0) is 59.3. The number of allylic oxidation sites excluding steroid dienone is 9. The van der Waals surface area contributed by atoms with Crippen LogP contribution in [0.4, 0.5) is 0 Å². The van der Waals surface area contributed by atoms with Crippen molar-refractivity contribution in [2.75, 3.05) is 13.2 Å². The number of carbonyl (C=O) groups excluding carboxylic acids is 1. The second kappa shape index (κ2) is 62.0. The van der Waals surface area contributed by atoms with Crippen LogP contribution < -0.4 is 5.32 Å². The Kier molecular flexibility index (Phi) is 58.9. The molecule has 7 atom stereocenters. The molecule has 82 heavy (non-hydrogen) atoms. The van der Waals surface area contributed by atoms with E-state index < -0.39 is 49.5 Å². The molecular weight excluding hydrogens is 1020 g/mol. The summed E-state index contributed by atoms with van der Waals surface area (Å²) < 4.78 is 11.3. The summed E-state index contributed by atoms with van der Waals surface area (Å²) in [6.45, 7) is 3.71. The van der Waals surface area contributed by atoms with Crippen molar-refractivity contribution < 1.29 is 39.8 Å². The molecule has 480 valence electrons. The Morgan fingerprint density at radius 1 is 0.427 bits per heavy atom. The van der Waals surface area contributed by atoms with Gasteiger partial charge in [-0.1, -0.05) is 338 Å². The van der Waals surface area contributed by atoms with Gasteiger partial charge in [0.2, 0.25) is 5.91 Å². The highest BCUT2D eigenvalue weighted by Crippen LogP contribution is 2.23. The molecule has 1 amide bonds. The van der Waals surface area contributed by atoms with Crippen molar-refractivity contribution in [3.63, 3.8) is 0 Å². The van der Waals surface area contributed by atoms with Crippen LogP contribution in [0.2, 0.25) is 0 Å². The van der Waals surface area contributed by atoms with Crippen LogP contribution in [0, 0.1) is 0 Å². The van der Waals surface area contributed by atoms with Gasteiger partial charge in [-0.2, -0.15) is 0 Å². The SMILES string of the molecule is CC/C=C\C/C=C\C/C=C\C/C=C\CCCCCCCCCCCCCCCCCCCCCCCCCCCCC(=O)NC(COC1OC(CO)C(O)C(O)C1O)C(O)/C=C/CCCCCCCCCCCCCCCCCCCC. The van der Waals surface area contributed by atoms with E-state index in [0.29, 0.717) is 6.42 Å². The van der Waals surface area contributed by atoms with Crippen LogP contribution in [-0.4, -0.2) is 87.5 Å². The third-order valence-corrected chi connectivity index (χ3v) is 16.8. The number of carbonyl (C=O) groups is 1. The molecule has 0 spiro atoms. The lowest BCUT2D eigenvalue weighted by atomic mass is 9.99. The van der Waals surface area contributed by atoms with E-state index in [9.17, 15) is 30.3 Å². The molecule has 0 saturated carbocycles. The quantitative estimate of drug-likeness (QED) is 0.0261. The molecular formula is C73H135NO8. The minimum Gasteiger partial charge on any atom is -0.394 e. The highest BCUT2D eigenvalue weighted by atomic mass is 16.7. The maximum atomic E-state index is 13.1. The largest absolute Gasteiger partial charge is 0.394 e. The van der Waals surface area contributed by atoms with Gasteiger partial charge in [0, 0.05) is 6.42 Å². The van der Waals surface area contributed by atoms with E-state index in [4.69, 9.17) is 9.47 Å². The fourth-order valence-electron chi connectivity index (χ4n) is 11.3. The molecule has 0 aromatic carbocycles. The minimum absolute atomic E-state index is 0.170. The Morgan fingerprint density at radius 3 is 1.12 bits per heavy atom. The van der Waals surface area contributed by atoms with Crippen molar-refractivity contribution >= 4 is 5.91 Å². The number of hydrogen-bond donors (Lipinski definition) is 6. The van der Waals surface area contributed by atoms with Gasteiger partial charge in [-0.3, -0.25) is 4.79 Å². The number of ether oxygens (including phenoxy) is 2. The highest BCUT2D eigenvalue weighted by molar-refractivity contribution is 5.76. The number of unbranched alkanes of at least 4 members (excludes halogenated alkanes) is 44. The van der Waals surface area contributed by atoms with E-state index in [1.807, 2.05) is 6.08 Å². The van der Waals surface area contributed by atoms with Crippen molar-refractivity contribution in [2.24, 2.45) is 0 Å². The summed E-state index contributed by atoms with van der Waals surface area (Å²) in [6.07, 6.45) is 79.1. The number of nitrogens with one attached hydrogen (secondary N) is 1. The number of rotatable bonds is 62. The number of aliphatic hydroxyl groups is 5. The van der Waals surface area contributed by atoms with Crippen molar-refractivity contribution in [2.45, 2.75) is 384 Å². The first-order valence-electron chi connectivity index (χ1n) is 35.5. The first kappa shape index (κ1) is 77.9. The molecule has 1 heterocycles. The van der Waals surface area contributed by atoms with Crippen molar-refractivity contribution in [3.8, 4) is 0 Å². The molecule has 1 fully saturated rings. The van der Waals surface area contributed by atoms with Gasteiger partial charge in [0.15, 0.2) is 6.29 Å². The Morgan fingerprint density at radius 2 is 0.756 bits per heavy atom. The van der Waals surface area contributed by atoms with Crippen LogP contribution in [-0.2, 0) is 14.3 Å². The van der Waals surface area contributed by atoms with Crippen molar-refractivity contribution in [1.29, 1.82) is 0 Å². The lowest BCUT2D eigenvalue weighted by Crippen LogP contribution is -2.60. The summed E-state index contributed by atoms with van der Waals surface area (Å²) >= 11 is 0. The van der Waals surface area contributed by atoms with Crippen LogP contribution in [0.5, 0.6) is 0 Å². The molecule has 0 aromatic rings. The predicted octanol–water partition coefficient (Wildman–Crippen LogP) is 19.4. The zero-order valence-electron chi connectivity index (χ0n) is 53.8. The van der Waals surface area contributed by atoms with Gasteiger partial charge >= 0.3 is 0 Å². The Balaban J connectivity index is 2.06. The Hall–Kier alpha value is -2.11. The van der Waals surface area contributed by atoms with Crippen LogP contribution in [0.25, 0.3) is 0 Å². The first-order chi connectivity index (χ1) is 40.3. The summed E-state index contributed by atoms with van der Waals surface area (Å²) in [7, 11) is 0. The molecule has 0 aromatic heterocycles. The van der Waals surface area contributed by atoms with Gasteiger partial charge in [-0.15, -0.1) is 0 Å². The molecule has 0 radical (unpaired) electrons. The fourth-order valence-corrected chi connectivity index (χ4v) is 11.3. The molecule has 0 bridgehead atoms. The van der Waals surface area contributed by atoms with Gasteiger partial charge in [0.05, 0.1) is 25.4 Å². The zero-order valence-corrected chi connectivity index (χ0v) is 53.8. The van der Waals surface area contributed by atoms with Crippen LogP contribution in [0.3, 0.4) is 0 Å². The number of amides is 1. The molecule has 7 unspecified atom stereocenters. The molecule has 6 N–H and O–H groups in total. The predicted molar refractivity (Wildman–Crippen MR) is 350 cm³/mol. The molecule has 1 aliphatic heterocycles. The third-order valence-electron chi connectivity index (χ3n) is 16.8. The van der Waals surface area contributed by atoms with E-state index in [-0.39, 0.29) is 12.5 Å². The lowest BCUT2D eigenvalue weighted by Gasteiger charge is -2.40. The summed E-state index contributed by atoms with van der Waals surface area (Å²) in [6, 6.07) is -0.805. The second-order valence-electron chi connectivity index (χ2n) is 24.7. The van der Waals surface area contributed by atoms with E-state index in [1.54, 1.807) is 6.08 Å². The van der Waals surface area contributed by atoms with E-state index in [2.05, 4.69) is 67.8 Å². The summed E-state index contributed by atoms with van der Waals surface area (Å²) in [5.41, 5.74) is 0. The average molecular weight is 1150 g/mol. The van der Waals surface area contributed by atoms with E-state index >= 15 is 0 Å². The van der Waals surface area contributed by atoms with Gasteiger partial charge in [0.1, 0.15) is 24.4 Å². The van der Waals surface area contributed by atoms with Gasteiger partial charge in [-0.25, -0.2) is 0 Å². The molecule has 9 heteroatoms. The number of aliphatic hydroxyl groups excluding tert-OH is 5. The molecule has 1 rings (SSSR count). The maximum absolute atomic E-state index is 13.1. The van der Waals surface area contributed by atoms with Crippen molar-refractivity contribution in [3.05, 3.63) is 60.8 Å². The summed E-state index contributed by atoms with van der Waals surface area (Å²) in [5.74, 6) is -0.170. The van der Waals surface area contributed by atoms with E-state index in [0.717, 1.165) is 64.2 Å². The Bertz CT molecular complexity index is 1480. The topological polar surface area (TPSA) is 149 Å². The lowest BCUT2D eigenvalue weighted by molar-refractivity contribution is -0.302. The highest BCUT2D eigenvalue weighted by Gasteiger charge is 2.44. The second-order valence-corrected chi connectivity index (χ2v) is 24.7. The van der Waals surface area contributed by atoms with Gasteiger partial charge in [-0.05, 0) is 57.8 Å². The van der Waals surface area contributed by atoms with Gasteiger partial charge in [0.25, 0.3) is 0 Å². The van der Waals surface area contributed by atoms with Crippen LogP contribution >= 0.6 is 0 Å². The van der Waals surface area contributed by atoms with Gasteiger partial charge < -0.3 is 40.3 Å². The van der Waals surface area contributed by atoms with Crippen LogP contribution in [0.15, 0.2) is 60.8 Å². The summed E-state index contributed by atoms with van der Waals surface area (Å²) in [4.78, 5) is 13.1. The standard InChI is InChI=1S/C73H135NO8/c1-3-5-7-9-11-13-15-17-19-21-23-25-26-27-28-29-30-31-32-33-34-35-36-37-38-39-40-41-42-43-45-47-49-51-53-55-57-59-61-63-69(77)74-66(65-81-73-72(80)71(79)70(78)68(64-75)82-73)67(76)62-60-58-56-54-52-50-48-46-44-24-22-20-18-16-14-12-10-8-6-4-2/h5,7,11,13,17,19,23,25,60,62,66-68,70-73,75-76,78-80H,3-4,6,8-10,12,14-16,18,20-22,24,26-59,61,63-65H2,1-2H3,(H,74,77)/b7-5-,13-11-,19-17-,25-23-,62-60+. The first-order valence-corrected chi connectivity index (χ1v) is 35.5. The molecule has 1 aliphatic rings. The molecule has 0 aliphatic carbocycles. The fraction of sp³-hybridized carbons (Fsp3) is 0.849. The molecule has 1 saturated heterocycles. The summed E-state index contributed by atoms with van der Waals surface area (Å²) in [5, 5.41) is 54.7. The maximum Gasteiger partial charge on any atom is 0.220 e. The average Bonchev–Trinajstić information content (AvgIpc) is 3.52. The van der Waals surface area contributed by atoms with Crippen molar-refractivity contribution in [1.82, 2.24) is 5.32 Å². The smallest absolute Gasteiger partial charge is 0.220 e. The van der Waals surface area contributed by atoms with E-state index in [1.165, 1.54) is 257 Å². The molecule has 9 nitrogen and oxygen atoms in total. The normalized spacial score (nSPS) is 18.6. The Labute approximate surface area is 506 Å².